The van der Waals surface area contributed by atoms with Gasteiger partial charge in [-0.1, -0.05) is 6.07 Å². The number of piperidine rings is 1. The van der Waals surface area contributed by atoms with Gasteiger partial charge in [-0.3, -0.25) is 9.80 Å². The van der Waals surface area contributed by atoms with Crippen molar-refractivity contribution in [2.45, 2.75) is 51.8 Å². The molecule has 218 valence electrons. The molecule has 9 heteroatoms. The van der Waals surface area contributed by atoms with Crippen molar-refractivity contribution in [3.63, 3.8) is 0 Å². The van der Waals surface area contributed by atoms with Crippen LogP contribution in [-0.4, -0.2) is 51.9 Å². The molecule has 2 aliphatic heterocycles. The number of carbonyl (C=O) groups is 2. The first-order valence-corrected chi connectivity index (χ1v) is 14.2. The fourth-order valence-corrected chi connectivity index (χ4v) is 6.16. The summed E-state index contributed by atoms with van der Waals surface area (Å²) in [5.41, 5.74) is 3.48. The van der Waals surface area contributed by atoms with Crippen molar-refractivity contribution in [1.29, 1.82) is 0 Å². The molecule has 0 atom stereocenters. The van der Waals surface area contributed by atoms with E-state index in [0.29, 0.717) is 42.7 Å². The summed E-state index contributed by atoms with van der Waals surface area (Å²) >= 11 is 0. The van der Waals surface area contributed by atoms with Gasteiger partial charge in [-0.25, -0.2) is 18.4 Å². The molecule has 3 heterocycles. The molecule has 2 aliphatic rings. The van der Waals surface area contributed by atoms with Crippen LogP contribution in [0.4, 0.5) is 19.3 Å². The van der Waals surface area contributed by atoms with Crippen LogP contribution >= 0.6 is 0 Å². The zero-order valence-corrected chi connectivity index (χ0v) is 23.9. The lowest BCUT2D eigenvalue weighted by atomic mass is 9.91. The Morgan fingerprint density at radius 2 is 1.76 bits per heavy atom. The largest absolute Gasteiger partial charge is 0.478 e. The van der Waals surface area contributed by atoms with Crippen LogP contribution in [-0.2, 0) is 11.3 Å². The summed E-state index contributed by atoms with van der Waals surface area (Å²) in [5, 5.41) is 10.2. The molecule has 2 saturated heterocycles. The minimum absolute atomic E-state index is 0.0123. The molecule has 42 heavy (non-hydrogen) atoms. The predicted octanol–water partition coefficient (Wildman–Crippen LogP) is 7.17. The Balaban J connectivity index is 1.21. The number of carboxylic acids is 1. The summed E-state index contributed by atoms with van der Waals surface area (Å²) in [5.74, 6) is -2.11. The molecule has 1 spiro atoms. The summed E-state index contributed by atoms with van der Waals surface area (Å²) in [4.78, 5) is 27.9. The van der Waals surface area contributed by atoms with Crippen molar-refractivity contribution in [1.82, 2.24) is 9.47 Å². The number of halogens is 2. The van der Waals surface area contributed by atoms with Crippen LogP contribution in [0.15, 0.2) is 60.8 Å². The normalized spacial score (nSPS) is 17.0. The van der Waals surface area contributed by atoms with E-state index in [1.165, 1.54) is 31.2 Å². The maximum Gasteiger partial charge on any atom is 0.415 e. The number of rotatable bonds is 6. The number of likely N-dealkylation sites (tertiary alicyclic amines) is 1. The summed E-state index contributed by atoms with van der Waals surface area (Å²) in [6.07, 6.45) is 3.10. The quantitative estimate of drug-likeness (QED) is 0.265. The Morgan fingerprint density at radius 3 is 2.43 bits per heavy atom. The van der Waals surface area contributed by atoms with E-state index in [2.05, 4.69) is 29.5 Å². The lowest BCUT2D eigenvalue weighted by Crippen LogP contribution is -2.46. The van der Waals surface area contributed by atoms with Gasteiger partial charge in [-0.2, -0.15) is 0 Å². The van der Waals surface area contributed by atoms with Crippen molar-refractivity contribution < 1.29 is 28.2 Å². The van der Waals surface area contributed by atoms with E-state index in [9.17, 15) is 18.4 Å². The Hall–Kier alpha value is -4.24. The van der Waals surface area contributed by atoms with E-state index in [4.69, 9.17) is 9.84 Å². The van der Waals surface area contributed by atoms with E-state index in [0.717, 1.165) is 29.6 Å². The highest BCUT2D eigenvalue weighted by Crippen LogP contribution is 2.37. The van der Waals surface area contributed by atoms with Crippen molar-refractivity contribution in [2.75, 3.05) is 24.5 Å². The van der Waals surface area contributed by atoms with E-state index >= 15 is 0 Å². The number of benzene rings is 3. The highest BCUT2D eigenvalue weighted by atomic mass is 19.1. The van der Waals surface area contributed by atoms with Crippen LogP contribution in [0, 0.1) is 18.6 Å². The molecule has 0 bridgehead atoms. The van der Waals surface area contributed by atoms with Crippen LogP contribution in [0.5, 0.6) is 0 Å². The zero-order chi connectivity index (χ0) is 29.8. The molecule has 6 rings (SSSR count). The lowest BCUT2D eigenvalue weighted by Gasteiger charge is -2.37. The van der Waals surface area contributed by atoms with Crippen molar-refractivity contribution in [2.24, 2.45) is 0 Å². The SMILES string of the molecule is Cc1c(F)ccc(-c2ccc3c(c2)c(CN2CCC4(CC2)CN(c2ccc(C(=O)O)cc2)C(=O)O4)cn3C(C)C)c1F. The van der Waals surface area contributed by atoms with Crippen LogP contribution in [0.2, 0.25) is 0 Å². The Bertz CT molecular complexity index is 1690. The first-order chi connectivity index (χ1) is 20.0. The second-order valence-electron chi connectivity index (χ2n) is 11.7. The molecular formula is C33H33F2N3O4. The highest BCUT2D eigenvalue weighted by Gasteiger charge is 2.47. The minimum atomic E-state index is -1.01. The summed E-state index contributed by atoms with van der Waals surface area (Å²) in [6.45, 7) is 8.28. The zero-order valence-electron chi connectivity index (χ0n) is 23.9. The third-order valence-electron chi connectivity index (χ3n) is 8.66. The van der Waals surface area contributed by atoms with Gasteiger partial charge in [0.2, 0.25) is 0 Å². The van der Waals surface area contributed by atoms with Crippen LogP contribution < -0.4 is 4.90 Å². The fourth-order valence-electron chi connectivity index (χ4n) is 6.16. The molecule has 4 aromatic rings. The first-order valence-electron chi connectivity index (χ1n) is 14.2. The van der Waals surface area contributed by atoms with Crippen LogP contribution in [0.1, 0.15) is 54.2 Å². The highest BCUT2D eigenvalue weighted by molar-refractivity contribution is 5.92. The third-order valence-corrected chi connectivity index (χ3v) is 8.66. The third kappa shape index (κ3) is 4.91. The number of hydrogen-bond donors (Lipinski definition) is 1. The van der Waals surface area contributed by atoms with Gasteiger partial charge in [0.1, 0.15) is 17.2 Å². The Morgan fingerprint density at radius 1 is 1.05 bits per heavy atom. The fraction of sp³-hybridized carbons (Fsp3) is 0.333. The average Bonchev–Trinajstić information content (AvgIpc) is 3.50. The number of hydrogen-bond acceptors (Lipinski definition) is 4. The number of fused-ring (bicyclic) bond motifs is 1. The molecule has 1 amide bonds. The summed E-state index contributed by atoms with van der Waals surface area (Å²) in [7, 11) is 0. The van der Waals surface area contributed by atoms with Gasteiger partial charge in [0.15, 0.2) is 0 Å². The molecule has 3 aromatic carbocycles. The van der Waals surface area contributed by atoms with E-state index in [-0.39, 0.29) is 17.2 Å². The van der Waals surface area contributed by atoms with Gasteiger partial charge in [0, 0.05) is 72.4 Å². The standard InChI is InChI=1S/C33H33F2N3O4/c1-20(2)37-18-24(27-16-23(6-11-29(27)37)26-9-10-28(34)21(3)30(26)35)17-36-14-12-33(13-15-36)19-38(32(41)42-33)25-7-4-22(5-8-25)31(39)40/h4-11,16,18,20H,12-15,17,19H2,1-3H3,(H,39,40). The molecule has 0 unspecified atom stereocenters. The Kier molecular flexibility index (Phi) is 7.01. The van der Waals surface area contributed by atoms with Crippen LogP contribution in [0.3, 0.4) is 0 Å². The number of anilines is 1. The molecule has 1 N–H and O–H groups in total. The molecule has 0 saturated carbocycles. The second kappa shape index (κ2) is 10.5. The number of nitrogens with zero attached hydrogens (tertiary/aromatic N) is 3. The average molecular weight is 574 g/mol. The molecule has 1 aromatic heterocycles. The van der Waals surface area contributed by atoms with Crippen molar-refractivity contribution >= 4 is 28.7 Å². The number of carboxylic acid groups (broad SMARTS) is 1. The molecule has 2 fully saturated rings. The first kappa shape index (κ1) is 27.9. The predicted molar refractivity (Wildman–Crippen MR) is 157 cm³/mol. The van der Waals surface area contributed by atoms with Gasteiger partial charge >= 0.3 is 12.1 Å². The number of amides is 1. The monoisotopic (exact) mass is 573 g/mol. The maximum absolute atomic E-state index is 15.0. The summed E-state index contributed by atoms with van der Waals surface area (Å²) in [6, 6.07) is 15.2. The topological polar surface area (TPSA) is 75.0 Å². The van der Waals surface area contributed by atoms with Gasteiger partial charge in [-0.05, 0) is 80.4 Å². The van der Waals surface area contributed by atoms with Gasteiger partial charge in [0.25, 0.3) is 0 Å². The van der Waals surface area contributed by atoms with Gasteiger partial charge in [-0.15, -0.1) is 0 Å². The molecule has 7 nitrogen and oxygen atoms in total. The smallest absolute Gasteiger partial charge is 0.415 e. The molecule has 0 radical (unpaired) electrons. The maximum atomic E-state index is 15.0. The second-order valence-corrected chi connectivity index (χ2v) is 11.7. The molecular weight excluding hydrogens is 540 g/mol. The van der Waals surface area contributed by atoms with E-state index < -0.39 is 29.3 Å². The van der Waals surface area contributed by atoms with E-state index in [1.807, 2.05) is 18.2 Å². The van der Waals surface area contributed by atoms with Gasteiger partial charge < -0.3 is 14.4 Å². The Labute approximate surface area is 242 Å². The summed E-state index contributed by atoms with van der Waals surface area (Å²) < 4.78 is 37.1. The number of ether oxygens (including phenoxy) is 1. The van der Waals surface area contributed by atoms with E-state index in [1.54, 1.807) is 17.0 Å². The van der Waals surface area contributed by atoms with Gasteiger partial charge in [0.05, 0.1) is 12.1 Å². The minimum Gasteiger partial charge on any atom is -0.478 e. The lowest BCUT2D eigenvalue weighted by molar-refractivity contribution is -0.000899. The van der Waals surface area contributed by atoms with Crippen molar-refractivity contribution in [3.8, 4) is 11.1 Å². The number of aromatic carboxylic acids is 1. The number of aromatic nitrogens is 1. The molecule has 0 aliphatic carbocycles. The number of carbonyl (C=O) groups excluding carboxylic acids is 1. The van der Waals surface area contributed by atoms with Crippen LogP contribution in [0.25, 0.3) is 22.0 Å². The van der Waals surface area contributed by atoms with Crippen molar-refractivity contribution in [3.05, 3.63) is 89.1 Å².